The summed E-state index contributed by atoms with van der Waals surface area (Å²) >= 11 is 18.2. The number of halogens is 3. The molecule has 0 spiro atoms. The fourth-order valence-electron chi connectivity index (χ4n) is 2.03. The van der Waals surface area contributed by atoms with Gasteiger partial charge >= 0.3 is 0 Å². The van der Waals surface area contributed by atoms with Crippen LogP contribution in [-0.2, 0) is 6.42 Å². The van der Waals surface area contributed by atoms with Crippen LogP contribution in [0.4, 0.5) is 0 Å². The van der Waals surface area contributed by atoms with Crippen molar-refractivity contribution in [1.29, 1.82) is 0 Å². The lowest BCUT2D eigenvalue weighted by atomic mass is 9.92. The Morgan fingerprint density at radius 2 is 1.68 bits per heavy atom. The molecular formula is C15H13Cl3O. The van der Waals surface area contributed by atoms with Crippen LogP contribution in [0.5, 0.6) is 0 Å². The van der Waals surface area contributed by atoms with E-state index in [1.165, 1.54) is 0 Å². The zero-order valence-corrected chi connectivity index (χ0v) is 12.4. The van der Waals surface area contributed by atoms with E-state index in [1.54, 1.807) is 12.1 Å². The van der Waals surface area contributed by atoms with Crippen molar-refractivity contribution < 1.29 is 5.11 Å². The van der Waals surface area contributed by atoms with Gasteiger partial charge in [-0.2, -0.15) is 0 Å². The van der Waals surface area contributed by atoms with E-state index in [-0.39, 0.29) is 12.5 Å². The largest absolute Gasteiger partial charge is 0.396 e. The van der Waals surface area contributed by atoms with Crippen LogP contribution >= 0.6 is 34.8 Å². The van der Waals surface area contributed by atoms with Gasteiger partial charge in [0.1, 0.15) is 0 Å². The van der Waals surface area contributed by atoms with Crippen molar-refractivity contribution in [3.05, 3.63) is 68.7 Å². The van der Waals surface area contributed by atoms with E-state index >= 15 is 0 Å². The molecule has 0 bridgehead atoms. The summed E-state index contributed by atoms with van der Waals surface area (Å²) in [6.45, 7) is 0.00652. The van der Waals surface area contributed by atoms with Crippen molar-refractivity contribution in [2.75, 3.05) is 6.61 Å². The third-order valence-electron chi connectivity index (χ3n) is 3.05. The quantitative estimate of drug-likeness (QED) is 0.845. The second-order valence-corrected chi connectivity index (χ2v) is 5.59. The van der Waals surface area contributed by atoms with E-state index in [0.717, 1.165) is 11.1 Å². The topological polar surface area (TPSA) is 20.2 Å². The standard InChI is InChI=1S/C15H13Cl3O/c16-12-5-6-13(15(18)8-12)11(9-19)7-10-3-1-2-4-14(10)17/h1-6,8,11,19H,7,9H2. The predicted octanol–water partition coefficient (Wildman–Crippen LogP) is 4.97. The van der Waals surface area contributed by atoms with Gasteiger partial charge in [0, 0.05) is 21.0 Å². The molecule has 0 aromatic heterocycles. The van der Waals surface area contributed by atoms with Gasteiger partial charge in [0.05, 0.1) is 6.61 Å². The molecule has 2 rings (SSSR count). The molecule has 4 heteroatoms. The van der Waals surface area contributed by atoms with E-state index in [0.29, 0.717) is 21.5 Å². The molecule has 1 unspecified atom stereocenters. The van der Waals surface area contributed by atoms with Crippen LogP contribution in [0.25, 0.3) is 0 Å². The van der Waals surface area contributed by atoms with Crippen molar-refractivity contribution in [3.63, 3.8) is 0 Å². The molecule has 1 nitrogen and oxygen atoms in total. The molecule has 0 saturated heterocycles. The fraction of sp³-hybridized carbons (Fsp3) is 0.200. The normalized spacial score (nSPS) is 12.4. The van der Waals surface area contributed by atoms with Crippen molar-refractivity contribution in [1.82, 2.24) is 0 Å². The van der Waals surface area contributed by atoms with Crippen molar-refractivity contribution in [2.24, 2.45) is 0 Å². The predicted molar refractivity (Wildman–Crippen MR) is 81.4 cm³/mol. The number of benzene rings is 2. The third kappa shape index (κ3) is 3.64. The summed E-state index contributed by atoms with van der Waals surface area (Å²) in [5.74, 6) is -0.0929. The van der Waals surface area contributed by atoms with Gasteiger partial charge in [-0.1, -0.05) is 59.1 Å². The summed E-state index contributed by atoms with van der Waals surface area (Å²) in [6.07, 6.45) is 0.636. The maximum Gasteiger partial charge on any atom is 0.0503 e. The van der Waals surface area contributed by atoms with Gasteiger partial charge in [0.2, 0.25) is 0 Å². The second-order valence-electron chi connectivity index (χ2n) is 4.34. The summed E-state index contributed by atoms with van der Waals surface area (Å²) in [6, 6.07) is 12.9. The number of aliphatic hydroxyl groups is 1. The number of hydrogen-bond acceptors (Lipinski definition) is 1. The highest BCUT2D eigenvalue weighted by molar-refractivity contribution is 6.35. The van der Waals surface area contributed by atoms with Gasteiger partial charge in [-0.05, 0) is 35.7 Å². The lowest BCUT2D eigenvalue weighted by Crippen LogP contribution is -2.08. The van der Waals surface area contributed by atoms with Gasteiger partial charge < -0.3 is 5.11 Å². The SMILES string of the molecule is OCC(Cc1ccccc1Cl)c1ccc(Cl)cc1Cl. The average molecular weight is 316 g/mol. The summed E-state index contributed by atoms with van der Waals surface area (Å²) in [5, 5.41) is 11.4. The van der Waals surface area contributed by atoms with Crippen molar-refractivity contribution in [3.8, 4) is 0 Å². The van der Waals surface area contributed by atoms with Crippen LogP contribution in [0, 0.1) is 0 Å². The Bertz CT molecular complexity index is 569. The Balaban J connectivity index is 2.28. The molecule has 0 aliphatic carbocycles. The zero-order valence-electron chi connectivity index (χ0n) is 10.1. The van der Waals surface area contributed by atoms with Gasteiger partial charge in [-0.15, -0.1) is 0 Å². The first-order chi connectivity index (χ1) is 9.11. The smallest absolute Gasteiger partial charge is 0.0503 e. The Morgan fingerprint density at radius 3 is 2.32 bits per heavy atom. The van der Waals surface area contributed by atoms with E-state index in [2.05, 4.69) is 0 Å². The molecule has 0 saturated carbocycles. The lowest BCUT2D eigenvalue weighted by molar-refractivity contribution is 0.264. The lowest BCUT2D eigenvalue weighted by Gasteiger charge is -2.17. The number of hydrogen-bond donors (Lipinski definition) is 1. The molecule has 0 amide bonds. The van der Waals surface area contributed by atoms with E-state index in [9.17, 15) is 5.11 Å². The van der Waals surface area contributed by atoms with Crippen molar-refractivity contribution in [2.45, 2.75) is 12.3 Å². The molecule has 0 radical (unpaired) electrons. The highest BCUT2D eigenvalue weighted by Gasteiger charge is 2.16. The molecule has 0 aliphatic rings. The van der Waals surface area contributed by atoms with Gasteiger partial charge in [0.15, 0.2) is 0 Å². The monoisotopic (exact) mass is 314 g/mol. The van der Waals surface area contributed by atoms with Gasteiger partial charge in [-0.25, -0.2) is 0 Å². The fourth-order valence-corrected chi connectivity index (χ4v) is 2.81. The molecule has 2 aromatic carbocycles. The Morgan fingerprint density at radius 1 is 0.947 bits per heavy atom. The first-order valence-corrected chi connectivity index (χ1v) is 7.04. The molecule has 1 N–H and O–H groups in total. The van der Waals surface area contributed by atoms with Crippen molar-refractivity contribution >= 4 is 34.8 Å². The van der Waals surface area contributed by atoms with Crippen LogP contribution in [-0.4, -0.2) is 11.7 Å². The van der Waals surface area contributed by atoms with Crippen LogP contribution in [0.15, 0.2) is 42.5 Å². The molecule has 100 valence electrons. The molecule has 2 aromatic rings. The summed E-state index contributed by atoms with van der Waals surface area (Å²) < 4.78 is 0. The number of rotatable bonds is 4. The zero-order chi connectivity index (χ0) is 13.8. The summed E-state index contributed by atoms with van der Waals surface area (Å²) in [4.78, 5) is 0. The van der Waals surface area contributed by atoms with Gasteiger partial charge in [-0.3, -0.25) is 0 Å². The van der Waals surface area contributed by atoms with Crippen LogP contribution in [0.1, 0.15) is 17.0 Å². The first kappa shape index (κ1) is 14.7. The highest BCUT2D eigenvalue weighted by Crippen LogP contribution is 2.31. The molecule has 0 aliphatic heterocycles. The minimum absolute atomic E-state index is 0.00652. The Hall–Kier alpha value is -0.730. The summed E-state index contributed by atoms with van der Waals surface area (Å²) in [5.41, 5.74) is 1.88. The Labute approximate surface area is 127 Å². The molecule has 19 heavy (non-hydrogen) atoms. The van der Waals surface area contributed by atoms with Crippen LogP contribution < -0.4 is 0 Å². The minimum atomic E-state index is -0.0929. The van der Waals surface area contributed by atoms with E-state index in [4.69, 9.17) is 34.8 Å². The molecule has 0 fully saturated rings. The van der Waals surface area contributed by atoms with Gasteiger partial charge in [0.25, 0.3) is 0 Å². The highest BCUT2D eigenvalue weighted by atomic mass is 35.5. The molecule has 0 heterocycles. The number of aliphatic hydroxyl groups excluding tert-OH is 1. The second kappa shape index (κ2) is 6.62. The molecule has 1 atom stereocenters. The van der Waals surface area contributed by atoms with Crippen LogP contribution in [0.2, 0.25) is 15.1 Å². The maximum absolute atomic E-state index is 9.59. The summed E-state index contributed by atoms with van der Waals surface area (Å²) in [7, 11) is 0. The van der Waals surface area contributed by atoms with E-state index in [1.807, 2.05) is 30.3 Å². The maximum atomic E-state index is 9.59. The first-order valence-electron chi connectivity index (χ1n) is 5.91. The third-order valence-corrected chi connectivity index (χ3v) is 3.98. The molecular weight excluding hydrogens is 303 g/mol. The van der Waals surface area contributed by atoms with E-state index < -0.39 is 0 Å². The minimum Gasteiger partial charge on any atom is -0.396 e. The average Bonchev–Trinajstić information content (AvgIpc) is 2.39. The Kier molecular flexibility index (Phi) is 5.12. The van der Waals surface area contributed by atoms with Crippen LogP contribution in [0.3, 0.4) is 0 Å².